The first-order valence-corrected chi connectivity index (χ1v) is 6.15. The van der Waals surface area contributed by atoms with E-state index in [-0.39, 0.29) is 6.10 Å². The van der Waals surface area contributed by atoms with Gasteiger partial charge in [0.2, 0.25) is 0 Å². The highest BCUT2D eigenvalue weighted by molar-refractivity contribution is 6.40. The molecule has 1 aromatic carbocycles. The van der Waals surface area contributed by atoms with Crippen molar-refractivity contribution in [1.82, 2.24) is 0 Å². The molecule has 0 unspecified atom stereocenters. The third kappa shape index (κ3) is 7.60. The lowest BCUT2D eigenvalue weighted by Crippen LogP contribution is -2.21. The van der Waals surface area contributed by atoms with Crippen LogP contribution in [0.5, 0.6) is 0 Å². The molecule has 1 rings (SSSR count). The van der Waals surface area contributed by atoms with Crippen LogP contribution in [0.1, 0.15) is 45.0 Å². The van der Waals surface area contributed by atoms with E-state index in [9.17, 15) is 9.59 Å². The fraction of sp³-hybridized carbons (Fsp3) is 0.467. The molecular weight excluding hydrogens is 228 g/mol. The molecule has 0 atom stereocenters. The van der Waals surface area contributed by atoms with Crippen LogP contribution >= 0.6 is 0 Å². The van der Waals surface area contributed by atoms with Crippen molar-refractivity contribution in [1.29, 1.82) is 0 Å². The highest BCUT2D eigenvalue weighted by Gasteiger charge is 2.18. The maximum absolute atomic E-state index is 11.4. The zero-order valence-corrected chi connectivity index (χ0v) is 11.8. The first-order valence-electron chi connectivity index (χ1n) is 6.15. The lowest BCUT2D eigenvalue weighted by molar-refractivity contribution is -0.141. The Kier molecular flexibility index (Phi) is 7.68. The molecule has 0 bridgehead atoms. The van der Waals surface area contributed by atoms with Crippen LogP contribution in [0.25, 0.3) is 0 Å². The Bertz CT molecular complexity index is 364. The second-order valence-electron chi connectivity index (χ2n) is 4.88. The summed E-state index contributed by atoms with van der Waals surface area (Å²) < 4.78 is 4.78. The Morgan fingerprint density at radius 3 is 1.78 bits per heavy atom. The monoisotopic (exact) mass is 250 g/mol. The van der Waals surface area contributed by atoms with Gasteiger partial charge in [-0.3, -0.25) is 4.79 Å². The summed E-state index contributed by atoms with van der Waals surface area (Å²) in [6.45, 7) is 9.91. The third-order valence-electron chi connectivity index (χ3n) is 1.56. The molecule has 0 spiro atoms. The summed E-state index contributed by atoms with van der Waals surface area (Å²) in [5, 5.41) is 0. The molecular formula is C15H22O3. The molecule has 18 heavy (non-hydrogen) atoms. The summed E-state index contributed by atoms with van der Waals surface area (Å²) >= 11 is 0. The van der Waals surface area contributed by atoms with Crippen LogP contribution in [0, 0.1) is 5.92 Å². The van der Waals surface area contributed by atoms with Crippen molar-refractivity contribution < 1.29 is 14.3 Å². The maximum Gasteiger partial charge on any atom is 0.379 e. The number of rotatable bonds is 3. The summed E-state index contributed by atoms with van der Waals surface area (Å²) in [6.07, 6.45) is -0.268. The van der Waals surface area contributed by atoms with E-state index in [0.29, 0.717) is 5.56 Å². The van der Waals surface area contributed by atoms with Crippen molar-refractivity contribution in [3.63, 3.8) is 0 Å². The van der Waals surface area contributed by atoms with Gasteiger partial charge in [-0.15, -0.1) is 0 Å². The molecule has 0 aliphatic rings. The Morgan fingerprint density at radius 2 is 1.39 bits per heavy atom. The normalized spacial score (nSPS) is 9.72. The molecule has 0 saturated heterocycles. The SMILES string of the molecule is CC(C)C.CC(C)OC(=O)C(=O)c1ccccc1. The van der Waals surface area contributed by atoms with E-state index in [0.717, 1.165) is 5.92 Å². The minimum absolute atomic E-state index is 0.268. The second-order valence-corrected chi connectivity index (χ2v) is 4.88. The zero-order chi connectivity index (χ0) is 14.1. The highest BCUT2D eigenvalue weighted by Crippen LogP contribution is 2.02. The molecule has 100 valence electrons. The summed E-state index contributed by atoms with van der Waals surface area (Å²) in [4.78, 5) is 22.6. The molecule has 0 aliphatic heterocycles. The molecule has 0 radical (unpaired) electrons. The van der Waals surface area contributed by atoms with Gasteiger partial charge < -0.3 is 4.74 Å². The summed E-state index contributed by atoms with van der Waals surface area (Å²) in [7, 11) is 0. The Balaban J connectivity index is 0.000000631. The quantitative estimate of drug-likeness (QED) is 0.468. The van der Waals surface area contributed by atoms with Crippen LogP contribution in [0.15, 0.2) is 30.3 Å². The van der Waals surface area contributed by atoms with Gasteiger partial charge in [0.25, 0.3) is 5.78 Å². The predicted molar refractivity (Wildman–Crippen MR) is 72.5 cm³/mol. The van der Waals surface area contributed by atoms with E-state index in [4.69, 9.17) is 4.74 Å². The van der Waals surface area contributed by atoms with Crippen molar-refractivity contribution in [2.45, 2.75) is 40.7 Å². The van der Waals surface area contributed by atoms with Crippen LogP contribution in [-0.4, -0.2) is 17.9 Å². The smallest absolute Gasteiger partial charge is 0.379 e. The van der Waals surface area contributed by atoms with Gasteiger partial charge in [-0.25, -0.2) is 4.79 Å². The van der Waals surface area contributed by atoms with E-state index >= 15 is 0 Å². The molecule has 0 heterocycles. The Hall–Kier alpha value is -1.64. The first-order chi connectivity index (χ1) is 8.34. The molecule has 3 nitrogen and oxygen atoms in total. The number of hydrogen-bond donors (Lipinski definition) is 0. The molecule has 3 heteroatoms. The topological polar surface area (TPSA) is 43.4 Å². The van der Waals surface area contributed by atoms with E-state index in [2.05, 4.69) is 20.8 Å². The first kappa shape index (κ1) is 16.4. The maximum atomic E-state index is 11.4. The van der Waals surface area contributed by atoms with Gasteiger partial charge >= 0.3 is 5.97 Å². The lowest BCUT2D eigenvalue weighted by Gasteiger charge is -2.06. The van der Waals surface area contributed by atoms with E-state index < -0.39 is 11.8 Å². The number of carbonyl (C=O) groups excluding carboxylic acids is 2. The van der Waals surface area contributed by atoms with Crippen LogP contribution in [0.3, 0.4) is 0 Å². The van der Waals surface area contributed by atoms with E-state index in [1.807, 2.05) is 0 Å². The van der Waals surface area contributed by atoms with Crippen molar-refractivity contribution in [3.05, 3.63) is 35.9 Å². The van der Waals surface area contributed by atoms with Gasteiger partial charge in [-0.05, 0) is 19.8 Å². The summed E-state index contributed by atoms with van der Waals surface area (Å²) in [5.74, 6) is -0.564. The average Bonchev–Trinajstić information content (AvgIpc) is 2.27. The molecule has 0 aliphatic carbocycles. The number of esters is 1. The van der Waals surface area contributed by atoms with Crippen LogP contribution in [-0.2, 0) is 9.53 Å². The van der Waals surface area contributed by atoms with Crippen molar-refractivity contribution in [3.8, 4) is 0 Å². The molecule has 0 saturated carbocycles. The highest BCUT2D eigenvalue weighted by atomic mass is 16.5. The van der Waals surface area contributed by atoms with Gasteiger partial charge in [0.1, 0.15) is 0 Å². The summed E-state index contributed by atoms with van der Waals surface area (Å²) in [6, 6.07) is 8.37. The van der Waals surface area contributed by atoms with Crippen LogP contribution in [0.4, 0.5) is 0 Å². The fourth-order valence-electron chi connectivity index (χ4n) is 0.975. The van der Waals surface area contributed by atoms with Gasteiger partial charge in [0.05, 0.1) is 6.10 Å². The molecule has 0 amide bonds. The number of Topliss-reactive ketones (excluding diaryl/α,β-unsaturated/α-hetero) is 1. The third-order valence-corrected chi connectivity index (χ3v) is 1.56. The largest absolute Gasteiger partial charge is 0.457 e. The van der Waals surface area contributed by atoms with Gasteiger partial charge in [-0.2, -0.15) is 0 Å². The average molecular weight is 250 g/mol. The number of carbonyl (C=O) groups is 2. The molecule has 0 aromatic heterocycles. The standard InChI is InChI=1S/C11H12O3.C4H10/c1-8(2)14-11(13)10(12)9-6-4-3-5-7-9;1-4(2)3/h3-8H,1-2H3;4H,1-3H3. The van der Waals surface area contributed by atoms with E-state index in [1.165, 1.54) is 0 Å². The van der Waals surface area contributed by atoms with Crippen molar-refractivity contribution >= 4 is 11.8 Å². The zero-order valence-electron chi connectivity index (χ0n) is 11.8. The van der Waals surface area contributed by atoms with Crippen LogP contribution in [0.2, 0.25) is 0 Å². The van der Waals surface area contributed by atoms with Crippen LogP contribution < -0.4 is 0 Å². The van der Waals surface area contributed by atoms with Crippen molar-refractivity contribution in [2.24, 2.45) is 5.92 Å². The van der Waals surface area contributed by atoms with Gasteiger partial charge in [0.15, 0.2) is 0 Å². The fourth-order valence-corrected chi connectivity index (χ4v) is 0.975. The number of hydrogen-bond acceptors (Lipinski definition) is 3. The van der Waals surface area contributed by atoms with Gasteiger partial charge in [0, 0.05) is 5.56 Å². The minimum Gasteiger partial charge on any atom is -0.457 e. The number of ether oxygens (including phenoxy) is 1. The molecule has 0 N–H and O–H groups in total. The summed E-state index contributed by atoms with van der Waals surface area (Å²) in [5.41, 5.74) is 0.359. The van der Waals surface area contributed by atoms with Gasteiger partial charge in [-0.1, -0.05) is 51.1 Å². The second kappa shape index (κ2) is 8.45. The molecule has 1 aromatic rings. The molecule has 0 fully saturated rings. The van der Waals surface area contributed by atoms with Crippen molar-refractivity contribution in [2.75, 3.05) is 0 Å². The number of ketones is 1. The minimum atomic E-state index is -0.800. The lowest BCUT2D eigenvalue weighted by atomic mass is 10.1. The Labute approximate surface area is 109 Å². The van der Waals surface area contributed by atoms with E-state index in [1.54, 1.807) is 44.2 Å². The predicted octanol–water partition coefficient (Wildman–Crippen LogP) is 3.48. The number of benzene rings is 1. The Morgan fingerprint density at radius 1 is 0.944 bits per heavy atom.